The Labute approximate surface area is 156 Å². The summed E-state index contributed by atoms with van der Waals surface area (Å²) < 4.78 is 23.7. The Hall–Kier alpha value is -2.38. The zero-order chi connectivity index (χ0) is 18.9. The number of carbonyl (C=O) groups is 2. The molecule has 1 aliphatic rings. The molecule has 2 amide bonds. The maximum absolute atomic E-state index is 12.6. The highest BCUT2D eigenvalue weighted by molar-refractivity contribution is 7.90. The molecular formula is C18H17ClN2O4S. The van der Waals surface area contributed by atoms with Gasteiger partial charge in [-0.15, -0.1) is 0 Å². The maximum Gasteiger partial charge on any atom is 0.253 e. The molecule has 0 saturated carbocycles. The Balaban J connectivity index is 1.80. The lowest BCUT2D eigenvalue weighted by Crippen LogP contribution is -2.42. The molecule has 1 saturated heterocycles. The van der Waals surface area contributed by atoms with Crippen molar-refractivity contribution in [2.24, 2.45) is 0 Å². The van der Waals surface area contributed by atoms with Crippen molar-refractivity contribution >= 4 is 38.9 Å². The van der Waals surface area contributed by atoms with Crippen LogP contribution in [0, 0.1) is 0 Å². The number of nitrogens with zero attached hydrogens (tertiary/aromatic N) is 1. The molecule has 0 spiro atoms. The lowest BCUT2D eigenvalue weighted by atomic mass is 10.2. The van der Waals surface area contributed by atoms with Crippen LogP contribution in [0.5, 0.6) is 0 Å². The first-order chi connectivity index (χ1) is 12.3. The minimum absolute atomic E-state index is 0.0268. The summed E-state index contributed by atoms with van der Waals surface area (Å²) in [7, 11) is -3.56. The number of halogens is 1. The van der Waals surface area contributed by atoms with Crippen molar-refractivity contribution in [1.29, 1.82) is 0 Å². The minimum Gasteiger partial charge on any atom is -0.340 e. The van der Waals surface area contributed by atoms with E-state index >= 15 is 0 Å². The molecule has 1 atom stereocenters. The smallest absolute Gasteiger partial charge is 0.253 e. The van der Waals surface area contributed by atoms with E-state index in [9.17, 15) is 18.0 Å². The molecule has 1 fully saturated rings. The van der Waals surface area contributed by atoms with E-state index in [2.05, 4.69) is 5.32 Å². The Morgan fingerprint density at radius 2 is 1.81 bits per heavy atom. The molecule has 3 rings (SSSR count). The average molecular weight is 393 g/mol. The van der Waals surface area contributed by atoms with E-state index in [0.29, 0.717) is 23.7 Å². The van der Waals surface area contributed by atoms with Crippen LogP contribution in [0.4, 0.5) is 5.69 Å². The molecular weight excluding hydrogens is 376 g/mol. The molecule has 26 heavy (non-hydrogen) atoms. The predicted molar refractivity (Wildman–Crippen MR) is 99.2 cm³/mol. The van der Waals surface area contributed by atoms with Crippen molar-refractivity contribution in [3.63, 3.8) is 0 Å². The Morgan fingerprint density at radius 3 is 2.50 bits per heavy atom. The van der Waals surface area contributed by atoms with Gasteiger partial charge in [0.25, 0.3) is 5.91 Å². The van der Waals surface area contributed by atoms with Gasteiger partial charge in [-0.1, -0.05) is 35.9 Å². The van der Waals surface area contributed by atoms with Crippen molar-refractivity contribution in [3.8, 4) is 0 Å². The lowest BCUT2D eigenvalue weighted by molar-refractivity contribution is -0.118. The standard InChI is InChI=1S/C18H17ClN2O4S/c1-26(24,25)16-9-5-2-6-12(16)17(22)20-14-10-11-21(18(14)23)15-8-4-3-7-13(15)19/h2-9,14H,10-11H2,1H3,(H,20,22). The molecule has 0 bridgehead atoms. The van der Waals surface area contributed by atoms with Crippen LogP contribution in [0.2, 0.25) is 5.02 Å². The van der Waals surface area contributed by atoms with E-state index in [-0.39, 0.29) is 16.4 Å². The second kappa shape index (κ2) is 7.09. The molecule has 1 unspecified atom stereocenters. The summed E-state index contributed by atoms with van der Waals surface area (Å²) in [5, 5.41) is 3.09. The van der Waals surface area contributed by atoms with Gasteiger partial charge in [-0.25, -0.2) is 8.42 Å². The Bertz CT molecular complexity index is 975. The number of anilines is 1. The molecule has 2 aromatic carbocycles. The highest BCUT2D eigenvalue weighted by Crippen LogP contribution is 2.29. The first-order valence-electron chi connectivity index (χ1n) is 7.95. The van der Waals surface area contributed by atoms with Crippen LogP contribution in [0.1, 0.15) is 16.8 Å². The molecule has 0 radical (unpaired) electrons. The highest BCUT2D eigenvalue weighted by Gasteiger charge is 2.35. The van der Waals surface area contributed by atoms with E-state index in [1.54, 1.807) is 36.4 Å². The van der Waals surface area contributed by atoms with Gasteiger partial charge >= 0.3 is 0 Å². The third-order valence-corrected chi connectivity index (χ3v) is 5.66. The summed E-state index contributed by atoms with van der Waals surface area (Å²) in [6.07, 6.45) is 1.45. The summed E-state index contributed by atoms with van der Waals surface area (Å²) in [6, 6.07) is 12.2. The normalized spacial score (nSPS) is 17.4. The second-order valence-corrected chi connectivity index (χ2v) is 8.42. The van der Waals surface area contributed by atoms with Crippen LogP contribution < -0.4 is 10.2 Å². The average Bonchev–Trinajstić information content (AvgIpc) is 2.95. The van der Waals surface area contributed by atoms with Crippen molar-refractivity contribution in [2.45, 2.75) is 17.4 Å². The van der Waals surface area contributed by atoms with Gasteiger partial charge in [0, 0.05) is 12.8 Å². The first kappa shape index (κ1) is 18.4. The fourth-order valence-corrected chi connectivity index (χ4v) is 4.06. The van der Waals surface area contributed by atoms with Crippen LogP contribution in [0.3, 0.4) is 0 Å². The highest BCUT2D eigenvalue weighted by atomic mass is 35.5. The number of benzene rings is 2. The summed E-state index contributed by atoms with van der Waals surface area (Å²) >= 11 is 6.14. The van der Waals surface area contributed by atoms with Crippen molar-refractivity contribution in [1.82, 2.24) is 5.32 Å². The quantitative estimate of drug-likeness (QED) is 0.865. The first-order valence-corrected chi connectivity index (χ1v) is 10.2. The predicted octanol–water partition coefficient (Wildman–Crippen LogP) is 2.28. The second-order valence-electron chi connectivity index (χ2n) is 6.02. The number of para-hydroxylation sites is 1. The van der Waals surface area contributed by atoms with E-state index in [1.807, 2.05) is 0 Å². The molecule has 6 nitrogen and oxygen atoms in total. The van der Waals surface area contributed by atoms with E-state index in [4.69, 9.17) is 11.6 Å². The van der Waals surface area contributed by atoms with Crippen molar-refractivity contribution in [2.75, 3.05) is 17.7 Å². The van der Waals surface area contributed by atoms with Crippen LogP contribution in [-0.4, -0.2) is 39.1 Å². The largest absolute Gasteiger partial charge is 0.340 e. The number of sulfone groups is 1. The third kappa shape index (κ3) is 3.59. The van der Waals surface area contributed by atoms with Gasteiger partial charge in [0.15, 0.2) is 9.84 Å². The minimum atomic E-state index is -3.56. The number of rotatable bonds is 4. The number of carbonyl (C=O) groups excluding carboxylic acids is 2. The number of nitrogens with one attached hydrogen (secondary N) is 1. The van der Waals surface area contributed by atoms with E-state index < -0.39 is 21.8 Å². The number of amides is 2. The monoisotopic (exact) mass is 392 g/mol. The van der Waals surface area contributed by atoms with Gasteiger partial charge in [-0.2, -0.15) is 0 Å². The third-order valence-electron chi connectivity index (χ3n) is 4.19. The lowest BCUT2D eigenvalue weighted by Gasteiger charge is -2.18. The van der Waals surface area contributed by atoms with E-state index in [0.717, 1.165) is 6.26 Å². The summed E-state index contributed by atoms with van der Waals surface area (Å²) in [4.78, 5) is 26.7. The van der Waals surface area contributed by atoms with Crippen LogP contribution in [0.15, 0.2) is 53.4 Å². The molecule has 1 aliphatic heterocycles. The van der Waals surface area contributed by atoms with Gasteiger partial charge < -0.3 is 10.2 Å². The number of hydrogen-bond donors (Lipinski definition) is 1. The molecule has 1 N–H and O–H groups in total. The molecule has 0 aliphatic carbocycles. The summed E-state index contributed by atoms with van der Waals surface area (Å²) in [5.74, 6) is -0.867. The Morgan fingerprint density at radius 1 is 1.15 bits per heavy atom. The van der Waals surface area contributed by atoms with Gasteiger partial charge in [0.2, 0.25) is 5.91 Å². The Kier molecular flexibility index (Phi) is 5.02. The topological polar surface area (TPSA) is 83.6 Å². The van der Waals surface area contributed by atoms with Crippen LogP contribution in [0.25, 0.3) is 0 Å². The summed E-state index contributed by atoms with van der Waals surface area (Å²) in [6.45, 7) is 0.418. The van der Waals surface area contributed by atoms with Crippen molar-refractivity contribution < 1.29 is 18.0 Å². The zero-order valence-electron chi connectivity index (χ0n) is 14.0. The van der Waals surface area contributed by atoms with Gasteiger partial charge in [-0.3, -0.25) is 9.59 Å². The van der Waals surface area contributed by atoms with Crippen molar-refractivity contribution in [3.05, 3.63) is 59.1 Å². The maximum atomic E-state index is 12.6. The van der Waals surface area contributed by atoms with Crippen LogP contribution >= 0.6 is 11.6 Å². The van der Waals surface area contributed by atoms with Gasteiger partial charge in [0.05, 0.1) is 21.2 Å². The summed E-state index contributed by atoms with van der Waals surface area (Å²) in [5.41, 5.74) is 0.617. The number of hydrogen-bond acceptors (Lipinski definition) is 4. The molecule has 0 aromatic heterocycles. The fourth-order valence-electron chi connectivity index (χ4n) is 2.94. The SMILES string of the molecule is CS(=O)(=O)c1ccccc1C(=O)NC1CCN(c2ccccc2Cl)C1=O. The van der Waals surface area contributed by atoms with Crippen LogP contribution in [-0.2, 0) is 14.6 Å². The van der Waals surface area contributed by atoms with Gasteiger partial charge in [-0.05, 0) is 30.7 Å². The molecule has 2 aromatic rings. The molecule has 1 heterocycles. The molecule has 136 valence electrons. The van der Waals surface area contributed by atoms with E-state index in [1.165, 1.54) is 17.0 Å². The van der Waals surface area contributed by atoms with Gasteiger partial charge in [0.1, 0.15) is 6.04 Å². The zero-order valence-corrected chi connectivity index (χ0v) is 15.5. The molecule has 8 heteroatoms. The fraction of sp³-hybridized carbons (Fsp3) is 0.222.